The van der Waals surface area contributed by atoms with Gasteiger partial charge in [0, 0.05) is 0 Å². The monoisotopic (exact) mass is 147 g/mol. The van der Waals surface area contributed by atoms with Crippen LogP contribution in [0.3, 0.4) is 0 Å². The van der Waals surface area contributed by atoms with Crippen molar-refractivity contribution in [1.82, 2.24) is 0 Å². The van der Waals surface area contributed by atoms with Gasteiger partial charge in [0.05, 0.1) is 7.11 Å². The summed E-state index contributed by atoms with van der Waals surface area (Å²) in [5.41, 5.74) is 5.18. The third-order valence-electron chi connectivity index (χ3n) is 0.750. The van der Waals surface area contributed by atoms with E-state index in [0.29, 0.717) is 0 Å². The summed E-state index contributed by atoms with van der Waals surface area (Å²) in [6.45, 7) is 0. The molecule has 0 aromatic carbocycles. The molecule has 1 atom stereocenters. The highest BCUT2D eigenvalue weighted by Crippen LogP contribution is 1.98. The third kappa shape index (κ3) is 1.07. The Morgan fingerprint density at radius 3 is 2.56 bits per heavy atom. The molecule has 0 saturated carbocycles. The maximum absolute atomic E-state index is 10.4. The van der Waals surface area contributed by atoms with Gasteiger partial charge in [-0.25, -0.2) is 4.21 Å². The van der Waals surface area contributed by atoms with Gasteiger partial charge in [-0.3, -0.25) is 0 Å². The Morgan fingerprint density at radius 2 is 2.33 bits per heavy atom. The summed E-state index contributed by atoms with van der Waals surface area (Å²) < 4.78 is 21.8. The lowest BCUT2D eigenvalue weighted by atomic mass is 10.6. The summed E-state index contributed by atoms with van der Waals surface area (Å²) in [5, 5.41) is 0. The molecule has 0 radical (unpaired) electrons. The number of methoxy groups -OCH3 is 1. The Kier molecular flexibility index (Phi) is 1.48. The van der Waals surface area contributed by atoms with E-state index in [1.165, 1.54) is 7.11 Å². The SMILES string of the molecule is COC1=NS(=O)N=C1N. The third-order valence-corrected chi connectivity index (χ3v) is 1.42. The molecule has 1 rings (SSSR count). The molecule has 9 heavy (non-hydrogen) atoms. The zero-order valence-electron chi connectivity index (χ0n) is 4.70. The summed E-state index contributed by atoms with van der Waals surface area (Å²) in [6.07, 6.45) is 0. The zero-order chi connectivity index (χ0) is 6.85. The van der Waals surface area contributed by atoms with Crippen LogP contribution in [0.5, 0.6) is 0 Å². The van der Waals surface area contributed by atoms with Crippen molar-refractivity contribution in [3.8, 4) is 0 Å². The van der Waals surface area contributed by atoms with E-state index in [-0.39, 0.29) is 11.7 Å². The average Bonchev–Trinajstić information content (AvgIpc) is 2.10. The van der Waals surface area contributed by atoms with Crippen molar-refractivity contribution in [3.05, 3.63) is 0 Å². The molecule has 2 N–H and O–H groups in total. The standard InChI is InChI=1S/C3H5N3O2S/c1-8-3-2(4)5-9(7)6-3/h1H3,(H2,4,5). The Labute approximate surface area is 54.4 Å². The fraction of sp³-hybridized carbons (Fsp3) is 0.333. The van der Waals surface area contributed by atoms with Gasteiger partial charge in [-0.15, -0.1) is 8.80 Å². The first-order valence-corrected chi connectivity index (χ1v) is 3.19. The number of ether oxygens (including phenoxy) is 1. The maximum atomic E-state index is 10.4. The van der Waals surface area contributed by atoms with E-state index < -0.39 is 11.2 Å². The molecule has 0 aromatic rings. The second-order valence-corrected chi connectivity index (χ2v) is 2.13. The van der Waals surface area contributed by atoms with Gasteiger partial charge in [0.2, 0.25) is 0 Å². The predicted octanol–water partition coefficient (Wildman–Crippen LogP) is -1.02. The highest BCUT2D eigenvalue weighted by atomic mass is 32.2. The van der Waals surface area contributed by atoms with Crippen molar-refractivity contribution in [3.63, 3.8) is 0 Å². The first-order valence-electron chi connectivity index (χ1n) is 2.13. The molecule has 6 heteroatoms. The number of amidine groups is 1. The van der Waals surface area contributed by atoms with Crippen molar-refractivity contribution in [2.24, 2.45) is 14.5 Å². The smallest absolute Gasteiger partial charge is 0.271 e. The molecule has 1 heterocycles. The molecule has 0 aromatic heterocycles. The van der Waals surface area contributed by atoms with Crippen LogP contribution in [0.2, 0.25) is 0 Å². The van der Waals surface area contributed by atoms with E-state index in [1.807, 2.05) is 0 Å². The molecule has 0 bridgehead atoms. The average molecular weight is 147 g/mol. The van der Waals surface area contributed by atoms with Gasteiger partial charge < -0.3 is 10.5 Å². The molecule has 50 valence electrons. The van der Waals surface area contributed by atoms with Crippen LogP contribution in [0.25, 0.3) is 0 Å². The van der Waals surface area contributed by atoms with E-state index in [9.17, 15) is 4.21 Å². The molecular formula is C3H5N3O2S. The highest BCUT2D eigenvalue weighted by Gasteiger charge is 2.14. The molecule has 5 nitrogen and oxygen atoms in total. The topological polar surface area (TPSA) is 77.0 Å². The van der Waals surface area contributed by atoms with Crippen molar-refractivity contribution in [2.45, 2.75) is 0 Å². The second kappa shape index (κ2) is 2.14. The van der Waals surface area contributed by atoms with Gasteiger partial charge in [0.1, 0.15) is 0 Å². The van der Waals surface area contributed by atoms with Crippen molar-refractivity contribution in [1.29, 1.82) is 0 Å². The van der Waals surface area contributed by atoms with Gasteiger partial charge in [-0.2, -0.15) is 0 Å². The van der Waals surface area contributed by atoms with E-state index in [4.69, 9.17) is 5.73 Å². The largest absolute Gasteiger partial charge is 0.478 e. The fourth-order valence-electron chi connectivity index (χ4n) is 0.403. The van der Waals surface area contributed by atoms with Crippen LogP contribution in [0.1, 0.15) is 0 Å². The minimum atomic E-state index is -1.56. The molecule has 1 aliphatic heterocycles. The van der Waals surface area contributed by atoms with Crippen molar-refractivity contribution < 1.29 is 8.95 Å². The van der Waals surface area contributed by atoms with Crippen LogP contribution in [-0.2, 0) is 15.9 Å². The summed E-state index contributed by atoms with van der Waals surface area (Å²) in [7, 11) is 1.39. The van der Waals surface area contributed by atoms with Gasteiger partial charge in [0.15, 0.2) is 5.84 Å². The minimum Gasteiger partial charge on any atom is -0.478 e. The Balaban J connectivity index is 2.87. The lowest BCUT2D eigenvalue weighted by Crippen LogP contribution is -2.21. The lowest BCUT2D eigenvalue weighted by Gasteiger charge is -1.92. The van der Waals surface area contributed by atoms with Crippen LogP contribution >= 0.6 is 0 Å². The Hall–Kier alpha value is -0.910. The molecular weight excluding hydrogens is 142 g/mol. The lowest BCUT2D eigenvalue weighted by molar-refractivity contribution is 0.412. The summed E-state index contributed by atoms with van der Waals surface area (Å²) in [6, 6.07) is 0. The van der Waals surface area contributed by atoms with Gasteiger partial charge in [-0.05, 0) is 0 Å². The molecule has 0 fully saturated rings. The van der Waals surface area contributed by atoms with Crippen molar-refractivity contribution >= 4 is 22.9 Å². The quantitative estimate of drug-likeness (QED) is 0.476. The Morgan fingerprint density at radius 1 is 1.67 bits per heavy atom. The predicted molar refractivity (Wildman–Crippen MR) is 34.2 cm³/mol. The fourth-order valence-corrected chi connectivity index (χ4v) is 1.00. The number of hydrogen-bond donors (Lipinski definition) is 1. The van der Waals surface area contributed by atoms with Gasteiger partial charge in [-0.1, -0.05) is 0 Å². The number of hydrogen-bond acceptors (Lipinski definition) is 3. The minimum absolute atomic E-state index is 0.0934. The van der Waals surface area contributed by atoms with E-state index in [1.54, 1.807) is 0 Å². The number of nitrogens with two attached hydrogens (primary N) is 1. The van der Waals surface area contributed by atoms with Crippen molar-refractivity contribution in [2.75, 3.05) is 7.11 Å². The van der Waals surface area contributed by atoms with Crippen LogP contribution in [-0.4, -0.2) is 23.1 Å². The normalized spacial score (nSPS) is 25.2. The zero-order valence-corrected chi connectivity index (χ0v) is 5.51. The van der Waals surface area contributed by atoms with Crippen LogP contribution in [0, 0.1) is 0 Å². The molecule has 0 aliphatic carbocycles. The summed E-state index contributed by atoms with van der Waals surface area (Å²) in [4.78, 5) is 0. The van der Waals surface area contributed by atoms with E-state index >= 15 is 0 Å². The molecule has 0 saturated heterocycles. The number of nitrogens with zero attached hydrogens (tertiary/aromatic N) is 2. The van der Waals surface area contributed by atoms with E-state index in [0.717, 1.165) is 0 Å². The van der Waals surface area contributed by atoms with Crippen LogP contribution in [0.15, 0.2) is 8.80 Å². The molecule has 0 amide bonds. The molecule has 1 aliphatic rings. The second-order valence-electron chi connectivity index (χ2n) is 1.31. The highest BCUT2D eigenvalue weighted by molar-refractivity contribution is 7.83. The maximum Gasteiger partial charge on any atom is 0.271 e. The summed E-state index contributed by atoms with van der Waals surface area (Å²) in [5.74, 6) is 0.240. The van der Waals surface area contributed by atoms with Gasteiger partial charge in [0.25, 0.3) is 17.1 Å². The first-order chi connectivity index (χ1) is 4.24. The van der Waals surface area contributed by atoms with Crippen LogP contribution < -0.4 is 5.73 Å². The Bertz CT molecular complexity index is 209. The number of rotatable bonds is 0. The molecule has 0 spiro atoms. The van der Waals surface area contributed by atoms with Crippen LogP contribution in [0.4, 0.5) is 0 Å². The first kappa shape index (κ1) is 6.21. The van der Waals surface area contributed by atoms with E-state index in [2.05, 4.69) is 13.5 Å². The summed E-state index contributed by atoms with van der Waals surface area (Å²) >= 11 is -1.56. The van der Waals surface area contributed by atoms with Gasteiger partial charge >= 0.3 is 0 Å². The molecule has 1 unspecified atom stereocenters.